The minimum atomic E-state index is -0.0378. The maximum absolute atomic E-state index is 9.32. The Bertz CT molecular complexity index is 239. The van der Waals surface area contributed by atoms with Crippen LogP contribution in [-0.2, 0) is 6.42 Å². The van der Waals surface area contributed by atoms with Gasteiger partial charge in [0.15, 0.2) is 0 Å². The number of aliphatic hydroxyl groups is 1. The van der Waals surface area contributed by atoms with Crippen molar-refractivity contribution >= 4 is 0 Å². The van der Waals surface area contributed by atoms with E-state index in [1.807, 2.05) is 6.07 Å². The molecule has 0 fully saturated rings. The van der Waals surface area contributed by atoms with E-state index in [2.05, 4.69) is 20.8 Å². The van der Waals surface area contributed by atoms with Gasteiger partial charge >= 0.3 is 0 Å². The average molecular weight is 182 g/mol. The molecule has 0 radical (unpaired) electrons. The van der Waals surface area contributed by atoms with Gasteiger partial charge in [-0.1, -0.05) is 20.8 Å². The van der Waals surface area contributed by atoms with Gasteiger partial charge < -0.3 is 9.52 Å². The van der Waals surface area contributed by atoms with E-state index in [4.69, 9.17) is 4.42 Å². The second kappa shape index (κ2) is 3.97. The van der Waals surface area contributed by atoms with Crippen molar-refractivity contribution in [1.29, 1.82) is 0 Å². The van der Waals surface area contributed by atoms with Gasteiger partial charge in [-0.3, -0.25) is 0 Å². The Morgan fingerprint density at radius 3 is 2.62 bits per heavy atom. The van der Waals surface area contributed by atoms with E-state index in [1.165, 1.54) is 0 Å². The van der Waals surface area contributed by atoms with E-state index in [0.717, 1.165) is 12.0 Å². The highest BCUT2D eigenvalue weighted by Gasteiger charge is 2.27. The zero-order valence-corrected chi connectivity index (χ0v) is 8.58. The topological polar surface area (TPSA) is 33.4 Å². The third kappa shape index (κ3) is 2.34. The fourth-order valence-corrected chi connectivity index (χ4v) is 1.30. The molecule has 74 valence electrons. The fraction of sp³-hybridized carbons (Fsp3) is 0.636. The van der Waals surface area contributed by atoms with Crippen LogP contribution in [0.2, 0.25) is 0 Å². The molecule has 2 nitrogen and oxygen atoms in total. The molecule has 0 amide bonds. The van der Waals surface area contributed by atoms with Crippen LogP contribution in [0, 0.1) is 11.3 Å². The number of aliphatic hydroxyl groups excluding tert-OH is 1. The summed E-state index contributed by atoms with van der Waals surface area (Å²) in [6.07, 6.45) is 4.29. The molecule has 0 bridgehead atoms. The normalized spacial score (nSPS) is 16.1. The minimum Gasteiger partial charge on any atom is -0.472 e. The van der Waals surface area contributed by atoms with Crippen molar-refractivity contribution in [3.8, 4) is 0 Å². The highest BCUT2D eigenvalue weighted by atomic mass is 16.3. The van der Waals surface area contributed by atoms with E-state index in [9.17, 15) is 5.11 Å². The lowest BCUT2D eigenvalue weighted by Crippen LogP contribution is -2.30. The largest absolute Gasteiger partial charge is 0.472 e. The van der Waals surface area contributed by atoms with Crippen LogP contribution in [0.15, 0.2) is 23.0 Å². The second-order valence-corrected chi connectivity index (χ2v) is 4.28. The molecule has 0 aliphatic carbocycles. The summed E-state index contributed by atoms with van der Waals surface area (Å²) in [5.74, 6) is 0.465. The molecule has 2 heteroatoms. The van der Waals surface area contributed by atoms with Crippen LogP contribution >= 0.6 is 0 Å². The maximum Gasteiger partial charge on any atom is 0.0934 e. The van der Waals surface area contributed by atoms with Crippen LogP contribution in [0.3, 0.4) is 0 Å². The molecule has 1 unspecified atom stereocenters. The zero-order valence-electron chi connectivity index (χ0n) is 8.58. The average Bonchev–Trinajstić information content (AvgIpc) is 2.56. The number of furan rings is 1. The van der Waals surface area contributed by atoms with Gasteiger partial charge in [0.1, 0.15) is 0 Å². The summed E-state index contributed by atoms with van der Waals surface area (Å²) in [7, 11) is 0. The number of hydrogen-bond donors (Lipinski definition) is 1. The number of rotatable bonds is 4. The molecule has 1 rings (SSSR count). The van der Waals surface area contributed by atoms with E-state index in [0.29, 0.717) is 5.92 Å². The lowest BCUT2D eigenvalue weighted by molar-refractivity contribution is 0.0946. The number of hydrogen-bond acceptors (Lipinski definition) is 2. The van der Waals surface area contributed by atoms with Crippen LogP contribution in [0.25, 0.3) is 0 Å². The third-order valence-corrected chi connectivity index (χ3v) is 2.94. The molecular formula is C11H18O2. The van der Waals surface area contributed by atoms with Crippen molar-refractivity contribution in [2.75, 3.05) is 6.61 Å². The quantitative estimate of drug-likeness (QED) is 0.776. The summed E-state index contributed by atoms with van der Waals surface area (Å²) in [5.41, 5.74) is 1.12. The molecule has 13 heavy (non-hydrogen) atoms. The highest BCUT2D eigenvalue weighted by molar-refractivity contribution is 5.08. The van der Waals surface area contributed by atoms with Gasteiger partial charge in [0.05, 0.1) is 12.5 Å². The van der Waals surface area contributed by atoms with Crippen LogP contribution in [-0.4, -0.2) is 11.7 Å². The SMILES string of the molecule is CC(C)C(C)(CO)Cc1ccoc1. The Hall–Kier alpha value is -0.760. The van der Waals surface area contributed by atoms with Gasteiger partial charge in [0.25, 0.3) is 0 Å². The molecule has 1 heterocycles. The summed E-state index contributed by atoms with van der Waals surface area (Å²) in [5, 5.41) is 9.32. The van der Waals surface area contributed by atoms with Gasteiger partial charge in [-0.2, -0.15) is 0 Å². The van der Waals surface area contributed by atoms with Crippen LogP contribution in [0.5, 0.6) is 0 Å². The Labute approximate surface area is 79.6 Å². The van der Waals surface area contributed by atoms with Crippen molar-refractivity contribution in [3.05, 3.63) is 24.2 Å². The van der Waals surface area contributed by atoms with Crippen molar-refractivity contribution in [1.82, 2.24) is 0 Å². The van der Waals surface area contributed by atoms with Crippen LogP contribution in [0.1, 0.15) is 26.3 Å². The molecule has 0 saturated carbocycles. The lowest BCUT2D eigenvalue weighted by atomic mass is 9.75. The minimum absolute atomic E-state index is 0.0378. The van der Waals surface area contributed by atoms with Crippen LogP contribution < -0.4 is 0 Å². The Kier molecular flexibility index (Phi) is 3.15. The third-order valence-electron chi connectivity index (χ3n) is 2.94. The second-order valence-electron chi connectivity index (χ2n) is 4.28. The molecule has 0 aliphatic heterocycles. The molecule has 1 aromatic heterocycles. The first-order valence-electron chi connectivity index (χ1n) is 4.70. The first kappa shape index (κ1) is 10.3. The Morgan fingerprint density at radius 1 is 1.54 bits per heavy atom. The molecule has 0 aromatic carbocycles. The summed E-state index contributed by atoms with van der Waals surface area (Å²) in [4.78, 5) is 0. The van der Waals surface area contributed by atoms with E-state index < -0.39 is 0 Å². The summed E-state index contributed by atoms with van der Waals surface area (Å²) >= 11 is 0. The van der Waals surface area contributed by atoms with Gasteiger partial charge in [0.2, 0.25) is 0 Å². The van der Waals surface area contributed by atoms with E-state index in [-0.39, 0.29) is 12.0 Å². The van der Waals surface area contributed by atoms with Crippen molar-refractivity contribution < 1.29 is 9.52 Å². The van der Waals surface area contributed by atoms with E-state index in [1.54, 1.807) is 12.5 Å². The van der Waals surface area contributed by atoms with Gasteiger partial charge in [0, 0.05) is 6.61 Å². The molecule has 1 atom stereocenters. The lowest BCUT2D eigenvalue weighted by Gasteiger charge is -2.31. The molecule has 0 spiro atoms. The predicted molar refractivity (Wildman–Crippen MR) is 52.4 cm³/mol. The predicted octanol–water partition coefficient (Wildman–Crippen LogP) is 2.48. The smallest absolute Gasteiger partial charge is 0.0934 e. The molecular weight excluding hydrogens is 164 g/mol. The highest BCUT2D eigenvalue weighted by Crippen LogP contribution is 2.30. The first-order chi connectivity index (χ1) is 6.08. The van der Waals surface area contributed by atoms with E-state index >= 15 is 0 Å². The summed E-state index contributed by atoms with van der Waals surface area (Å²) in [6, 6.07) is 1.95. The Balaban J connectivity index is 2.69. The molecule has 0 saturated heterocycles. The monoisotopic (exact) mass is 182 g/mol. The molecule has 0 aliphatic rings. The molecule has 1 N–H and O–H groups in total. The van der Waals surface area contributed by atoms with Crippen molar-refractivity contribution in [2.45, 2.75) is 27.2 Å². The van der Waals surface area contributed by atoms with Gasteiger partial charge in [-0.15, -0.1) is 0 Å². The fourth-order valence-electron chi connectivity index (χ4n) is 1.30. The van der Waals surface area contributed by atoms with Crippen molar-refractivity contribution in [2.24, 2.45) is 11.3 Å². The molecule has 1 aromatic rings. The Morgan fingerprint density at radius 2 is 2.23 bits per heavy atom. The summed E-state index contributed by atoms with van der Waals surface area (Å²) in [6.45, 7) is 6.59. The first-order valence-corrected chi connectivity index (χ1v) is 4.70. The van der Waals surface area contributed by atoms with Gasteiger partial charge in [-0.05, 0) is 29.4 Å². The van der Waals surface area contributed by atoms with Gasteiger partial charge in [-0.25, -0.2) is 0 Å². The van der Waals surface area contributed by atoms with Crippen molar-refractivity contribution in [3.63, 3.8) is 0 Å². The standard InChI is InChI=1S/C11H18O2/c1-9(2)11(3,8-12)6-10-4-5-13-7-10/h4-5,7,9,12H,6,8H2,1-3H3. The summed E-state index contributed by atoms with van der Waals surface area (Å²) < 4.78 is 5.00. The maximum atomic E-state index is 9.32. The zero-order chi connectivity index (χ0) is 9.90. The van der Waals surface area contributed by atoms with Crippen LogP contribution in [0.4, 0.5) is 0 Å².